The molecule has 1 heterocycles. The van der Waals surface area contributed by atoms with Crippen molar-refractivity contribution in [3.8, 4) is 22.8 Å². The highest BCUT2D eigenvalue weighted by molar-refractivity contribution is 8.93. The zero-order valence-electron chi connectivity index (χ0n) is 14.9. The molecule has 0 bridgehead atoms. The molecule has 2 aromatic carbocycles. The maximum atomic E-state index is 12.9. The van der Waals surface area contributed by atoms with Crippen molar-refractivity contribution in [2.45, 2.75) is 6.54 Å². The molecule has 3 rings (SSSR count). The van der Waals surface area contributed by atoms with E-state index < -0.39 is 0 Å². The standard InChI is InChI=1S/C20H18FN2O3.BrH/c1-25-16-7-8-17(20(11-16)26-2)18-9-10-23(13-22-18)12-19(24)14-3-5-15(21)6-4-14;/h3-11,13H,12H2,1-2H3;1H/q+1;. The molecule has 140 valence electrons. The number of Topliss-reactive ketones (excluding diaryl/α,β-unsaturated/α-hetero) is 1. The highest BCUT2D eigenvalue weighted by atomic mass is 79.9. The second-order valence-electron chi connectivity index (χ2n) is 5.61. The Morgan fingerprint density at radius 2 is 1.81 bits per heavy atom. The third-order valence-electron chi connectivity index (χ3n) is 3.95. The molecule has 7 heteroatoms. The van der Waals surface area contributed by atoms with Crippen molar-refractivity contribution < 1.29 is 23.2 Å². The average molecular weight is 434 g/mol. The molecule has 0 aliphatic rings. The SMILES string of the molecule is Br.COc1ccc(-c2cc[n+](CC(=O)c3ccc(F)cc3)cn2)c(OC)c1. The molecule has 0 aliphatic heterocycles. The smallest absolute Gasteiger partial charge is 0.287 e. The van der Waals surface area contributed by atoms with E-state index in [1.807, 2.05) is 18.2 Å². The number of rotatable bonds is 6. The summed E-state index contributed by atoms with van der Waals surface area (Å²) < 4.78 is 25.2. The molecule has 0 fully saturated rings. The van der Waals surface area contributed by atoms with Gasteiger partial charge in [-0.1, -0.05) is 0 Å². The Morgan fingerprint density at radius 1 is 1.07 bits per heavy atom. The van der Waals surface area contributed by atoms with Gasteiger partial charge < -0.3 is 9.47 Å². The number of carbonyl (C=O) groups excluding carboxylic acids is 1. The van der Waals surface area contributed by atoms with Gasteiger partial charge in [-0.05, 0) is 41.4 Å². The van der Waals surface area contributed by atoms with E-state index in [4.69, 9.17) is 9.47 Å². The van der Waals surface area contributed by atoms with Gasteiger partial charge in [-0.15, -0.1) is 17.0 Å². The number of carbonyl (C=O) groups is 1. The molecule has 1 aromatic heterocycles. The summed E-state index contributed by atoms with van der Waals surface area (Å²) in [6.07, 6.45) is 3.36. The highest BCUT2D eigenvalue weighted by Crippen LogP contribution is 2.31. The molecule has 0 aliphatic carbocycles. The van der Waals surface area contributed by atoms with Crippen molar-refractivity contribution >= 4 is 22.8 Å². The number of hydrogen-bond acceptors (Lipinski definition) is 4. The van der Waals surface area contributed by atoms with E-state index in [2.05, 4.69) is 4.98 Å². The van der Waals surface area contributed by atoms with Gasteiger partial charge in [0.15, 0.2) is 12.2 Å². The summed E-state index contributed by atoms with van der Waals surface area (Å²) in [6.45, 7) is 0.124. The van der Waals surface area contributed by atoms with Crippen LogP contribution in [0.2, 0.25) is 0 Å². The first-order valence-electron chi connectivity index (χ1n) is 7.97. The van der Waals surface area contributed by atoms with E-state index >= 15 is 0 Å². The molecular weight excluding hydrogens is 415 g/mol. The van der Waals surface area contributed by atoms with Crippen LogP contribution in [0.1, 0.15) is 10.4 Å². The van der Waals surface area contributed by atoms with Gasteiger partial charge in [0.05, 0.1) is 26.0 Å². The van der Waals surface area contributed by atoms with Gasteiger partial charge >= 0.3 is 0 Å². The van der Waals surface area contributed by atoms with E-state index in [0.717, 1.165) is 11.3 Å². The molecule has 0 amide bonds. The summed E-state index contributed by atoms with van der Waals surface area (Å²) in [7, 11) is 3.18. The molecule has 3 aromatic rings. The van der Waals surface area contributed by atoms with E-state index in [0.29, 0.717) is 17.1 Å². The van der Waals surface area contributed by atoms with Gasteiger partial charge in [-0.25, -0.2) is 8.96 Å². The van der Waals surface area contributed by atoms with Crippen LogP contribution in [0.5, 0.6) is 11.5 Å². The van der Waals surface area contributed by atoms with Crippen LogP contribution in [-0.4, -0.2) is 25.0 Å². The summed E-state index contributed by atoms with van der Waals surface area (Å²) in [5, 5.41) is 0. The van der Waals surface area contributed by atoms with Gasteiger partial charge in [0.25, 0.3) is 6.33 Å². The van der Waals surface area contributed by atoms with E-state index in [9.17, 15) is 9.18 Å². The predicted octanol–water partition coefficient (Wildman–Crippen LogP) is 3.65. The third-order valence-corrected chi connectivity index (χ3v) is 3.95. The molecule has 0 spiro atoms. The predicted molar refractivity (Wildman–Crippen MR) is 104 cm³/mol. The van der Waals surface area contributed by atoms with E-state index in [1.165, 1.54) is 24.3 Å². The Morgan fingerprint density at radius 3 is 2.41 bits per heavy atom. The second kappa shape index (κ2) is 9.23. The minimum Gasteiger partial charge on any atom is -0.497 e. The van der Waals surface area contributed by atoms with Gasteiger partial charge in [0.1, 0.15) is 17.3 Å². The highest BCUT2D eigenvalue weighted by Gasteiger charge is 2.15. The Bertz CT molecular complexity index is 916. The molecule has 0 radical (unpaired) electrons. The average Bonchev–Trinajstić information content (AvgIpc) is 2.68. The number of halogens is 2. The first-order chi connectivity index (χ1) is 12.6. The number of aromatic nitrogens is 2. The van der Waals surface area contributed by atoms with Crippen LogP contribution in [-0.2, 0) is 6.54 Å². The Labute approximate surface area is 167 Å². The minimum absolute atomic E-state index is 0. The molecule has 0 atom stereocenters. The summed E-state index contributed by atoms with van der Waals surface area (Å²) in [5.74, 6) is 0.860. The fourth-order valence-electron chi connectivity index (χ4n) is 2.54. The van der Waals surface area contributed by atoms with Gasteiger partial charge in [0, 0.05) is 17.7 Å². The van der Waals surface area contributed by atoms with E-state index in [1.54, 1.807) is 37.4 Å². The summed E-state index contributed by atoms with van der Waals surface area (Å²) in [5.41, 5.74) is 2.00. The Balaban J connectivity index is 0.00000261. The Kier molecular flexibility index (Phi) is 7.01. The molecule has 0 saturated carbocycles. The quantitative estimate of drug-likeness (QED) is 0.439. The summed E-state index contributed by atoms with van der Waals surface area (Å²) in [4.78, 5) is 16.7. The van der Waals surface area contributed by atoms with Crippen molar-refractivity contribution in [1.29, 1.82) is 0 Å². The topological polar surface area (TPSA) is 52.3 Å². The number of hydrogen-bond donors (Lipinski definition) is 0. The zero-order valence-corrected chi connectivity index (χ0v) is 16.6. The monoisotopic (exact) mass is 433 g/mol. The van der Waals surface area contributed by atoms with Crippen molar-refractivity contribution in [2.24, 2.45) is 0 Å². The van der Waals surface area contributed by atoms with Crippen LogP contribution in [0.3, 0.4) is 0 Å². The fraction of sp³-hybridized carbons (Fsp3) is 0.150. The first-order valence-corrected chi connectivity index (χ1v) is 7.97. The first kappa shape index (κ1) is 20.5. The number of ether oxygens (including phenoxy) is 2. The maximum Gasteiger partial charge on any atom is 0.287 e. The largest absolute Gasteiger partial charge is 0.497 e. The number of benzene rings is 2. The lowest BCUT2D eigenvalue weighted by molar-refractivity contribution is -0.686. The molecular formula is C20H19BrFN2O3+. The molecule has 0 N–H and O–H groups in total. The van der Waals surface area contributed by atoms with Gasteiger partial charge in [-0.3, -0.25) is 4.79 Å². The zero-order chi connectivity index (χ0) is 18.5. The third kappa shape index (κ3) is 4.89. The van der Waals surface area contributed by atoms with Gasteiger partial charge in [-0.2, -0.15) is 0 Å². The van der Waals surface area contributed by atoms with Crippen molar-refractivity contribution in [1.82, 2.24) is 4.98 Å². The fourth-order valence-corrected chi connectivity index (χ4v) is 2.54. The van der Waals surface area contributed by atoms with Crippen LogP contribution in [0.15, 0.2) is 61.1 Å². The van der Waals surface area contributed by atoms with Crippen LogP contribution >= 0.6 is 17.0 Å². The lowest BCUT2D eigenvalue weighted by Gasteiger charge is -2.08. The maximum absolute atomic E-state index is 12.9. The number of methoxy groups -OCH3 is 2. The minimum atomic E-state index is -0.367. The molecule has 5 nitrogen and oxygen atoms in total. The molecule has 0 unspecified atom stereocenters. The van der Waals surface area contributed by atoms with Gasteiger partial charge in [0.2, 0.25) is 5.78 Å². The number of nitrogens with zero attached hydrogens (tertiary/aromatic N) is 2. The van der Waals surface area contributed by atoms with E-state index in [-0.39, 0.29) is 35.1 Å². The van der Waals surface area contributed by atoms with Crippen molar-refractivity contribution in [2.75, 3.05) is 14.2 Å². The normalized spacial score (nSPS) is 10.0. The summed E-state index contributed by atoms with van der Waals surface area (Å²) in [6, 6.07) is 12.8. The summed E-state index contributed by atoms with van der Waals surface area (Å²) >= 11 is 0. The van der Waals surface area contributed by atoms with Crippen LogP contribution in [0, 0.1) is 5.82 Å². The van der Waals surface area contributed by atoms with Crippen molar-refractivity contribution in [3.63, 3.8) is 0 Å². The molecule has 0 saturated heterocycles. The molecule has 27 heavy (non-hydrogen) atoms. The lowest BCUT2D eigenvalue weighted by atomic mass is 10.1. The van der Waals surface area contributed by atoms with Crippen LogP contribution in [0.4, 0.5) is 4.39 Å². The number of ketones is 1. The van der Waals surface area contributed by atoms with Crippen LogP contribution < -0.4 is 14.0 Å². The lowest BCUT2D eigenvalue weighted by Crippen LogP contribution is -2.37. The second-order valence-corrected chi connectivity index (χ2v) is 5.61. The van der Waals surface area contributed by atoms with Crippen LogP contribution in [0.25, 0.3) is 11.3 Å². The van der Waals surface area contributed by atoms with Crippen molar-refractivity contribution in [3.05, 3.63) is 72.4 Å². The Hall–Kier alpha value is -2.80.